The summed E-state index contributed by atoms with van der Waals surface area (Å²) in [5, 5.41) is 7.49. The van der Waals surface area contributed by atoms with Crippen LogP contribution in [-0.4, -0.2) is 9.97 Å². The lowest BCUT2D eigenvalue weighted by molar-refractivity contribution is 0.666. The lowest BCUT2D eigenvalue weighted by Crippen LogP contribution is -2.15. The van der Waals surface area contributed by atoms with E-state index in [4.69, 9.17) is 9.97 Å². The molecular weight excluding hydrogens is 673 g/mol. The van der Waals surface area contributed by atoms with Crippen LogP contribution in [0.5, 0.6) is 0 Å². The van der Waals surface area contributed by atoms with Crippen molar-refractivity contribution in [1.29, 1.82) is 0 Å². The van der Waals surface area contributed by atoms with Crippen molar-refractivity contribution in [2.45, 2.75) is 19.3 Å². The topological polar surface area (TPSA) is 25.8 Å². The van der Waals surface area contributed by atoms with Gasteiger partial charge in [-0.1, -0.05) is 166 Å². The molecule has 2 aromatic heterocycles. The fourth-order valence-electron chi connectivity index (χ4n) is 9.02. The Balaban J connectivity index is 1.14. The largest absolute Gasteiger partial charge is 0.228 e. The van der Waals surface area contributed by atoms with Crippen molar-refractivity contribution < 1.29 is 0 Å². The van der Waals surface area contributed by atoms with Gasteiger partial charge in [-0.05, 0) is 73.1 Å². The number of hydrogen-bond donors (Lipinski definition) is 0. The number of thiophene rings is 1. The maximum atomic E-state index is 5.40. The highest BCUT2D eigenvalue weighted by Gasteiger charge is 2.38. The van der Waals surface area contributed by atoms with Crippen molar-refractivity contribution >= 4 is 53.1 Å². The molecule has 0 saturated heterocycles. The van der Waals surface area contributed by atoms with Gasteiger partial charge in [-0.15, -0.1) is 11.3 Å². The molecule has 0 amide bonds. The minimum atomic E-state index is -0.128. The van der Waals surface area contributed by atoms with E-state index in [0.29, 0.717) is 0 Å². The average molecular weight is 707 g/mol. The summed E-state index contributed by atoms with van der Waals surface area (Å²) in [4.78, 5) is 10.7. The second-order valence-electron chi connectivity index (χ2n) is 14.9. The van der Waals surface area contributed by atoms with E-state index in [9.17, 15) is 0 Å². The van der Waals surface area contributed by atoms with Gasteiger partial charge in [0.2, 0.25) is 0 Å². The lowest BCUT2D eigenvalue weighted by atomic mass is 9.80. The minimum Gasteiger partial charge on any atom is -0.228 e. The Kier molecular flexibility index (Phi) is 6.80. The summed E-state index contributed by atoms with van der Waals surface area (Å²) in [5.74, 6) is 0.725. The first-order valence-corrected chi connectivity index (χ1v) is 19.4. The highest BCUT2D eigenvalue weighted by molar-refractivity contribution is 7.26. The van der Waals surface area contributed by atoms with Crippen LogP contribution in [0.3, 0.4) is 0 Å². The van der Waals surface area contributed by atoms with Crippen LogP contribution >= 0.6 is 11.3 Å². The van der Waals surface area contributed by atoms with E-state index in [2.05, 4.69) is 184 Å². The molecule has 0 spiro atoms. The van der Waals surface area contributed by atoms with Crippen LogP contribution in [0.15, 0.2) is 170 Å². The fraction of sp³-hybridized carbons (Fsp3) is 0.0588. The predicted molar refractivity (Wildman–Crippen MR) is 229 cm³/mol. The third-order valence-corrected chi connectivity index (χ3v) is 12.7. The molecular formula is C51H34N2S. The number of nitrogens with zero attached hydrogens (tertiary/aromatic N) is 2. The molecule has 0 radical (unpaired) electrons. The first-order valence-electron chi connectivity index (χ1n) is 18.6. The molecule has 0 N–H and O–H groups in total. The van der Waals surface area contributed by atoms with Crippen molar-refractivity contribution in [3.05, 3.63) is 181 Å². The molecule has 0 aliphatic heterocycles. The van der Waals surface area contributed by atoms with Crippen molar-refractivity contribution in [2.24, 2.45) is 0 Å². The van der Waals surface area contributed by atoms with Gasteiger partial charge in [-0.2, -0.15) is 0 Å². The van der Waals surface area contributed by atoms with Crippen LogP contribution in [0.2, 0.25) is 0 Å². The summed E-state index contributed by atoms with van der Waals surface area (Å²) in [6, 6.07) is 61.5. The Morgan fingerprint density at radius 1 is 0.444 bits per heavy atom. The van der Waals surface area contributed by atoms with Crippen LogP contribution in [0.4, 0.5) is 0 Å². The number of rotatable bonds is 4. The van der Waals surface area contributed by atoms with Gasteiger partial charge in [0, 0.05) is 42.3 Å². The first-order chi connectivity index (χ1) is 26.5. The molecule has 8 aromatic carbocycles. The standard InChI is InChI=1S/C51H34N2S/c1-51(2)43-24-13-21-38(47(43)42-27-26-31-14-6-7-17-33(31)48(42)51)36-28-29-40(35-19-9-8-18-34(35)36)50-52-44(32-15-4-3-5-16-32)30-45(53-50)41-23-12-22-39-37-20-10-11-25-46(37)54-49(39)41/h3-30H,1-2H3. The second-order valence-corrected chi connectivity index (χ2v) is 15.9. The van der Waals surface area contributed by atoms with Crippen molar-refractivity contribution in [1.82, 2.24) is 9.97 Å². The minimum absolute atomic E-state index is 0.128. The number of aromatic nitrogens is 2. The van der Waals surface area contributed by atoms with Gasteiger partial charge in [0.25, 0.3) is 0 Å². The summed E-state index contributed by atoms with van der Waals surface area (Å²) >= 11 is 1.83. The van der Waals surface area contributed by atoms with E-state index in [0.717, 1.165) is 39.3 Å². The predicted octanol–water partition coefficient (Wildman–Crippen LogP) is 14.1. The molecule has 2 nitrogen and oxygen atoms in total. The Morgan fingerprint density at radius 3 is 1.93 bits per heavy atom. The molecule has 1 aliphatic rings. The Labute approximate surface area is 318 Å². The van der Waals surface area contributed by atoms with E-state index < -0.39 is 0 Å². The van der Waals surface area contributed by atoms with E-state index in [1.165, 1.54) is 69.7 Å². The Hall–Kier alpha value is -6.42. The van der Waals surface area contributed by atoms with E-state index in [-0.39, 0.29) is 5.41 Å². The van der Waals surface area contributed by atoms with Crippen LogP contribution in [-0.2, 0) is 5.41 Å². The van der Waals surface area contributed by atoms with Crippen LogP contribution in [0.1, 0.15) is 25.0 Å². The quantitative estimate of drug-likeness (QED) is 0.182. The zero-order chi connectivity index (χ0) is 36.0. The number of hydrogen-bond acceptors (Lipinski definition) is 3. The molecule has 0 fully saturated rings. The molecule has 11 rings (SSSR count). The summed E-state index contributed by atoms with van der Waals surface area (Å²) < 4.78 is 2.53. The molecule has 0 saturated carbocycles. The highest BCUT2D eigenvalue weighted by Crippen LogP contribution is 2.55. The second kappa shape index (κ2) is 11.8. The zero-order valence-electron chi connectivity index (χ0n) is 30.0. The van der Waals surface area contributed by atoms with Crippen molar-refractivity contribution in [3.8, 4) is 56.2 Å². The Morgan fingerprint density at radius 2 is 1.07 bits per heavy atom. The van der Waals surface area contributed by atoms with Crippen LogP contribution < -0.4 is 0 Å². The summed E-state index contributed by atoms with van der Waals surface area (Å²) in [6.07, 6.45) is 0. The van der Waals surface area contributed by atoms with Gasteiger partial charge in [0.15, 0.2) is 5.82 Å². The summed E-state index contributed by atoms with van der Waals surface area (Å²) in [7, 11) is 0. The van der Waals surface area contributed by atoms with E-state index >= 15 is 0 Å². The molecule has 10 aromatic rings. The molecule has 54 heavy (non-hydrogen) atoms. The summed E-state index contributed by atoms with van der Waals surface area (Å²) in [5.41, 5.74) is 12.9. The smallest absolute Gasteiger partial charge is 0.161 e. The number of fused-ring (bicyclic) bond motifs is 9. The van der Waals surface area contributed by atoms with Gasteiger partial charge in [0.05, 0.1) is 11.4 Å². The third-order valence-electron chi connectivity index (χ3n) is 11.5. The maximum Gasteiger partial charge on any atom is 0.161 e. The monoisotopic (exact) mass is 706 g/mol. The Bertz CT molecular complexity index is 3130. The van der Waals surface area contributed by atoms with Gasteiger partial charge in [0.1, 0.15) is 0 Å². The number of benzene rings is 8. The molecule has 254 valence electrons. The fourth-order valence-corrected chi connectivity index (χ4v) is 10.2. The molecule has 0 unspecified atom stereocenters. The van der Waals surface area contributed by atoms with E-state index in [1.807, 2.05) is 11.3 Å². The average Bonchev–Trinajstić information content (AvgIpc) is 3.73. The van der Waals surface area contributed by atoms with Gasteiger partial charge in [-0.25, -0.2) is 9.97 Å². The van der Waals surface area contributed by atoms with Gasteiger partial charge < -0.3 is 0 Å². The van der Waals surface area contributed by atoms with Crippen molar-refractivity contribution in [2.75, 3.05) is 0 Å². The molecule has 1 aliphatic carbocycles. The maximum absolute atomic E-state index is 5.40. The van der Waals surface area contributed by atoms with Crippen LogP contribution in [0, 0.1) is 0 Å². The zero-order valence-corrected chi connectivity index (χ0v) is 30.8. The lowest BCUT2D eigenvalue weighted by Gasteiger charge is -2.23. The normalized spacial score (nSPS) is 13.1. The summed E-state index contributed by atoms with van der Waals surface area (Å²) in [6.45, 7) is 4.76. The molecule has 3 heteroatoms. The van der Waals surface area contributed by atoms with Gasteiger partial charge in [-0.3, -0.25) is 0 Å². The first kappa shape index (κ1) is 31.1. The third kappa shape index (κ3) is 4.58. The molecule has 0 atom stereocenters. The molecule has 0 bridgehead atoms. The highest BCUT2D eigenvalue weighted by atomic mass is 32.1. The van der Waals surface area contributed by atoms with Crippen molar-refractivity contribution in [3.63, 3.8) is 0 Å². The molecule has 2 heterocycles. The van der Waals surface area contributed by atoms with Crippen LogP contribution in [0.25, 0.3) is 97.9 Å². The van der Waals surface area contributed by atoms with Gasteiger partial charge >= 0.3 is 0 Å². The van der Waals surface area contributed by atoms with E-state index in [1.54, 1.807) is 0 Å². The SMILES string of the molecule is CC1(C)c2cccc(-c3ccc(-c4nc(-c5ccccc5)cc(-c5cccc6c5sc5ccccc56)n4)c4ccccc34)c2-c2ccc3ccccc3c21.